The zero-order valence-electron chi connectivity index (χ0n) is 11.6. The number of benzene rings is 1. The molecule has 1 aliphatic rings. The number of nitrogens with zero attached hydrogens (tertiary/aromatic N) is 1. The van der Waals surface area contributed by atoms with Crippen LogP contribution in [0.3, 0.4) is 0 Å². The largest absolute Gasteiger partial charge is 0.326 e. The molecule has 0 saturated carbocycles. The van der Waals surface area contributed by atoms with Crippen LogP contribution in [0.2, 0.25) is 0 Å². The standard InChI is InChI=1S/C14H16N2O4/c1-8(17)15-10-4-5-11(16(19)20)9-6-7-14(2,3)13(18)12(9)10/h4-5H,6-7H2,1-3H3,(H,15,17). The van der Waals surface area contributed by atoms with E-state index in [1.165, 1.54) is 19.1 Å². The number of ketones is 1. The van der Waals surface area contributed by atoms with E-state index in [0.717, 1.165) is 0 Å². The third-order valence-corrected chi connectivity index (χ3v) is 3.64. The van der Waals surface area contributed by atoms with Crippen LogP contribution in [0.5, 0.6) is 0 Å². The van der Waals surface area contributed by atoms with Crippen LogP contribution >= 0.6 is 0 Å². The van der Waals surface area contributed by atoms with Crippen molar-refractivity contribution in [3.05, 3.63) is 33.4 Å². The van der Waals surface area contributed by atoms with Crippen molar-refractivity contribution in [1.82, 2.24) is 0 Å². The summed E-state index contributed by atoms with van der Waals surface area (Å²) in [5, 5.41) is 13.7. The van der Waals surface area contributed by atoms with E-state index in [1.807, 2.05) is 13.8 Å². The fourth-order valence-corrected chi connectivity index (χ4v) is 2.50. The first-order valence-electron chi connectivity index (χ1n) is 6.36. The summed E-state index contributed by atoms with van der Waals surface area (Å²) in [7, 11) is 0. The number of fused-ring (bicyclic) bond motifs is 1. The van der Waals surface area contributed by atoms with Gasteiger partial charge in [-0.05, 0) is 18.9 Å². The Bertz CT molecular complexity index is 620. The summed E-state index contributed by atoms with van der Waals surface area (Å²) in [5.41, 5.74) is 0.431. The Balaban J connectivity index is 2.68. The van der Waals surface area contributed by atoms with E-state index in [1.54, 1.807) is 0 Å². The summed E-state index contributed by atoms with van der Waals surface area (Å²) in [6.07, 6.45) is 1.01. The van der Waals surface area contributed by atoms with Crippen molar-refractivity contribution in [3.63, 3.8) is 0 Å². The van der Waals surface area contributed by atoms with Crippen molar-refractivity contribution in [2.24, 2.45) is 5.41 Å². The topological polar surface area (TPSA) is 89.3 Å². The van der Waals surface area contributed by atoms with Crippen molar-refractivity contribution >= 4 is 23.1 Å². The second-order valence-corrected chi connectivity index (χ2v) is 5.64. The molecule has 1 N–H and O–H groups in total. The lowest BCUT2D eigenvalue weighted by Crippen LogP contribution is -2.32. The van der Waals surface area contributed by atoms with Crippen LogP contribution in [0.25, 0.3) is 0 Å². The van der Waals surface area contributed by atoms with Crippen LogP contribution in [0.1, 0.15) is 43.1 Å². The predicted octanol–water partition coefficient (Wildman–Crippen LogP) is 2.71. The number of anilines is 1. The maximum absolute atomic E-state index is 12.5. The third kappa shape index (κ3) is 2.29. The molecular formula is C14H16N2O4. The lowest BCUT2D eigenvalue weighted by atomic mass is 9.72. The van der Waals surface area contributed by atoms with Gasteiger partial charge in [-0.3, -0.25) is 19.7 Å². The van der Waals surface area contributed by atoms with Gasteiger partial charge >= 0.3 is 0 Å². The van der Waals surface area contributed by atoms with Crippen LogP contribution in [-0.2, 0) is 11.2 Å². The molecule has 0 unspecified atom stereocenters. The lowest BCUT2D eigenvalue weighted by molar-refractivity contribution is -0.385. The van der Waals surface area contributed by atoms with Crippen molar-refractivity contribution in [2.75, 3.05) is 5.32 Å². The van der Waals surface area contributed by atoms with E-state index in [4.69, 9.17) is 0 Å². The molecule has 1 aromatic rings. The molecule has 106 valence electrons. The molecule has 6 nitrogen and oxygen atoms in total. The summed E-state index contributed by atoms with van der Waals surface area (Å²) in [4.78, 5) is 34.4. The molecule has 0 spiro atoms. The van der Waals surface area contributed by atoms with E-state index in [2.05, 4.69) is 5.32 Å². The maximum atomic E-state index is 12.5. The highest BCUT2D eigenvalue weighted by atomic mass is 16.6. The SMILES string of the molecule is CC(=O)Nc1ccc([N+](=O)[O-])c2c1C(=O)C(C)(C)CC2. The number of carbonyl (C=O) groups excluding carboxylic acids is 2. The summed E-state index contributed by atoms with van der Waals surface area (Å²) >= 11 is 0. The highest BCUT2D eigenvalue weighted by molar-refractivity contribution is 6.09. The Hall–Kier alpha value is -2.24. The van der Waals surface area contributed by atoms with Crippen LogP contribution < -0.4 is 5.32 Å². The molecule has 0 fully saturated rings. The average molecular weight is 276 g/mol. The van der Waals surface area contributed by atoms with Gasteiger partial charge in [0, 0.05) is 24.0 Å². The molecule has 0 radical (unpaired) electrons. The molecule has 0 bridgehead atoms. The van der Waals surface area contributed by atoms with Crippen molar-refractivity contribution in [2.45, 2.75) is 33.6 Å². The van der Waals surface area contributed by atoms with Crippen LogP contribution in [-0.4, -0.2) is 16.6 Å². The molecule has 20 heavy (non-hydrogen) atoms. The molecule has 6 heteroatoms. The van der Waals surface area contributed by atoms with E-state index in [0.29, 0.717) is 24.1 Å². The van der Waals surface area contributed by atoms with Gasteiger partial charge in [-0.1, -0.05) is 13.8 Å². The van der Waals surface area contributed by atoms with E-state index < -0.39 is 10.3 Å². The van der Waals surface area contributed by atoms with Gasteiger partial charge in [0.15, 0.2) is 5.78 Å². The molecule has 0 heterocycles. The minimum Gasteiger partial charge on any atom is -0.326 e. The molecule has 1 aliphatic carbocycles. The average Bonchev–Trinajstić information content (AvgIpc) is 2.33. The Morgan fingerprint density at radius 3 is 2.60 bits per heavy atom. The fraction of sp³-hybridized carbons (Fsp3) is 0.429. The number of hydrogen-bond acceptors (Lipinski definition) is 4. The fourth-order valence-electron chi connectivity index (χ4n) is 2.50. The highest BCUT2D eigenvalue weighted by Gasteiger charge is 2.39. The van der Waals surface area contributed by atoms with Gasteiger partial charge in [0.1, 0.15) is 0 Å². The monoisotopic (exact) mass is 276 g/mol. The Morgan fingerprint density at radius 1 is 1.40 bits per heavy atom. The van der Waals surface area contributed by atoms with Crippen molar-refractivity contribution in [3.8, 4) is 0 Å². The highest BCUT2D eigenvalue weighted by Crippen LogP contribution is 2.41. The molecule has 0 aliphatic heterocycles. The van der Waals surface area contributed by atoms with E-state index >= 15 is 0 Å². The summed E-state index contributed by atoms with van der Waals surface area (Å²) in [6, 6.07) is 2.77. The number of hydrogen-bond donors (Lipinski definition) is 1. The second kappa shape index (κ2) is 4.70. The predicted molar refractivity (Wildman–Crippen MR) is 73.8 cm³/mol. The van der Waals surface area contributed by atoms with E-state index in [9.17, 15) is 19.7 Å². The summed E-state index contributed by atoms with van der Waals surface area (Å²) in [5.74, 6) is -0.469. The Labute approximate surface area is 116 Å². The van der Waals surface area contributed by atoms with Gasteiger partial charge in [0.05, 0.1) is 16.2 Å². The quantitative estimate of drug-likeness (QED) is 0.664. The van der Waals surface area contributed by atoms with Crippen molar-refractivity contribution in [1.29, 1.82) is 0 Å². The number of Topliss-reactive ketones (excluding diaryl/α,β-unsaturated/α-hetero) is 1. The van der Waals surface area contributed by atoms with Gasteiger partial charge in [-0.25, -0.2) is 0 Å². The third-order valence-electron chi connectivity index (χ3n) is 3.64. The second-order valence-electron chi connectivity index (χ2n) is 5.64. The summed E-state index contributed by atoms with van der Waals surface area (Å²) in [6.45, 7) is 4.97. The van der Waals surface area contributed by atoms with Crippen LogP contribution in [0.15, 0.2) is 12.1 Å². The van der Waals surface area contributed by atoms with Gasteiger partial charge in [-0.2, -0.15) is 0 Å². The molecule has 0 saturated heterocycles. The number of carbonyl (C=O) groups is 2. The molecular weight excluding hydrogens is 260 g/mol. The normalized spacial score (nSPS) is 16.4. The molecule has 0 atom stereocenters. The van der Waals surface area contributed by atoms with Gasteiger partial charge < -0.3 is 5.32 Å². The molecule has 2 rings (SSSR count). The number of rotatable bonds is 2. The Morgan fingerprint density at radius 2 is 2.05 bits per heavy atom. The first kappa shape index (κ1) is 14.2. The lowest BCUT2D eigenvalue weighted by Gasteiger charge is -2.30. The smallest absolute Gasteiger partial charge is 0.273 e. The molecule has 1 amide bonds. The molecule has 1 aromatic carbocycles. The van der Waals surface area contributed by atoms with Gasteiger partial charge in [-0.15, -0.1) is 0 Å². The number of nitro benzene ring substituents is 1. The summed E-state index contributed by atoms with van der Waals surface area (Å²) < 4.78 is 0. The van der Waals surface area contributed by atoms with Gasteiger partial charge in [0.25, 0.3) is 5.69 Å². The van der Waals surface area contributed by atoms with Crippen LogP contribution in [0, 0.1) is 15.5 Å². The van der Waals surface area contributed by atoms with Crippen LogP contribution in [0.4, 0.5) is 11.4 Å². The van der Waals surface area contributed by atoms with Crippen molar-refractivity contribution < 1.29 is 14.5 Å². The number of nitro groups is 1. The minimum absolute atomic E-state index is 0.0575. The van der Waals surface area contributed by atoms with E-state index in [-0.39, 0.29) is 22.9 Å². The minimum atomic E-state index is -0.574. The Kier molecular flexibility index (Phi) is 3.33. The zero-order chi connectivity index (χ0) is 15.1. The number of nitrogens with one attached hydrogen (secondary N) is 1. The van der Waals surface area contributed by atoms with Gasteiger partial charge in [0.2, 0.25) is 5.91 Å². The first-order chi connectivity index (χ1) is 9.24. The zero-order valence-corrected chi connectivity index (χ0v) is 11.6. The number of amides is 1. The first-order valence-corrected chi connectivity index (χ1v) is 6.36. The maximum Gasteiger partial charge on any atom is 0.273 e. The molecule has 0 aromatic heterocycles.